The lowest BCUT2D eigenvalue weighted by atomic mass is 9.71. The predicted octanol–water partition coefficient (Wildman–Crippen LogP) is 1.69. The number of hydrogen-bond acceptors (Lipinski definition) is 10. The average Bonchev–Trinajstić information content (AvgIpc) is 3.41. The number of ether oxygens (including phenoxy) is 3. The number of amides is 1. The smallest absolute Gasteiger partial charge is 0.236 e. The fraction of sp³-hybridized carbons (Fsp3) is 0.517. The highest BCUT2D eigenvalue weighted by molar-refractivity contribution is 5.81. The maximum absolute atomic E-state index is 12.6. The van der Waals surface area contributed by atoms with Crippen LogP contribution >= 0.6 is 0 Å². The van der Waals surface area contributed by atoms with Gasteiger partial charge in [0.15, 0.2) is 23.0 Å². The number of piperazine rings is 1. The molecule has 4 heterocycles. The maximum atomic E-state index is 12.6. The van der Waals surface area contributed by atoms with E-state index in [4.69, 9.17) is 19.9 Å². The van der Waals surface area contributed by atoms with Gasteiger partial charge < -0.3 is 35.5 Å². The van der Waals surface area contributed by atoms with Crippen LogP contribution in [-0.2, 0) is 17.6 Å². The number of aromatic hydroxyl groups is 2. The number of nitrogens with zero attached hydrogens (tertiary/aromatic N) is 3. The molecule has 0 spiro atoms. The summed E-state index contributed by atoms with van der Waals surface area (Å²) in [6, 6.07) is 2.02. The number of carbonyl (C=O) groups is 1. The molecule has 1 saturated heterocycles. The van der Waals surface area contributed by atoms with Crippen molar-refractivity contribution in [1.82, 2.24) is 15.1 Å². The minimum atomic E-state index is -0.714. The lowest BCUT2D eigenvalue weighted by Gasteiger charge is -2.60. The highest BCUT2D eigenvalue weighted by Crippen LogP contribution is 2.58. The Bertz CT molecular complexity index is 1450. The van der Waals surface area contributed by atoms with Gasteiger partial charge in [0.05, 0.1) is 31.3 Å². The third-order valence-corrected chi connectivity index (χ3v) is 9.17. The second-order valence-corrected chi connectivity index (χ2v) is 11.3. The molecule has 1 unspecified atom stereocenters. The molecule has 0 aliphatic carbocycles. The Morgan fingerprint density at radius 3 is 2.62 bits per heavy atom. The maximum Gasteiger partial charge on any atom is 0.236 e. The molecule has 4 aliphatic rings. The van der Waals surface area contributed by atoms with Gasteiger partial charge in [-0.15, -0.1) is 0 Å². The van der Waals surface area contributed by atoms with Crippen LogP contribution in [0.2, 0.25) is 0 Å². The Kier molecular flexibility index (Phi) is 6.25. The lowest BCUT2D eigenvalue weighted by Crippen LogP contribution is -2.68. The van der Waals surface area contributed by atoms with E-state index in [9.17, 15) is 20.3 Å². The first-order chi connectivity index (χ1) is 19.1. The van der Waals surface area contributed by atoms with E-state index in [0.717, 1.165) is 16.7 Å². The van der Waals surface area contributed by atoms with E-state index in [1.165, 1.54) is 0 Å². The van der Waals surface area contributed by atoms with Crippen molar-refractivity contribution in [1.29, 1.82) is 5.26 Å². The van der Waals surface area contributed by atoms with Crippen molar-refractivity contribution in [3.05, 3.63) is 39.4 Å². The predicted molar refractivity (Wildman–Crippen MR) is 144 cm³/mol. The molecule has 4 aliphatic heterocycles. The Balaban J connectivity index is 1.58. The molecule has 40 heavy (non-hydrogen) atoms. The monoisotopic (exact) mass is 549 g/mol. The van der Waals surface area contributed by atoms with Crippen LogP contribution in [0.5, 0.6) is 28.7 Å². The van der Waals surface area contributed by atoms with Crippen LogP contribution < -0.4 is 25.3 Å². The molecule has 11 heteroatoms. The summed E-state index contributed by atoms with van der Waals surface area (Å²) in [6.45, 7) is 5.48. The Hall–Kier alpha value is -3.72. The number of hydrogen-bond donors (Lipinski definition) is 4. The molecule has 2 bridgehead atoms. The minimum absolute atomic E-state index is 0.0183. The molecule has 212 valence electrons. The number of methoxy groups -OCH3 is 1. The first-order valence-corrected chi connectivity index (χ1v) is 13.6. The second-order valence-electron chi connectivity index (χ2n) is 11.3. The number of nitriles is 1. The van der Waals surface area contributed by atoms with Gasteiger partial charge in [-0.1, -0.05) is 6.07 Å². The average molecular weight is 550 g/mol. The zero-order valence-corrected chi connectivity index (χ0v) is 23.3. The summed E-state index contributed by atoms with van der Waals surface area (Å²) >= 11 is 0. The fourth-order valence-corrected chi connectivity index (χ4v) is 7.40. The number of phenolic OH excluding ortho intramolecular Hbond substituents is 2. The van der Waals surface area contributed by atoms with Crippen LogP contribution in [0.25, 0.3) is 0 Å². The summed E-state index contributed by atoms with van der Waals surface area (Å²) < 4.78 is 17.3. The molecule has 0 radical (unpaired) electrons. The second kappa shape index (κ2) is 9.44. The fourth-order valence-electron chi connectivity index (χ4n) is 7.40. The minimum Gasteiger partial charge on any atom is -0.507 e. The lowest BCUT2D eigenvalue weighted by molar-refractivity contribution is -0.123. The molecule has 6 atom stereocenters. The number of likely N-dealkylation sites (N-methyl/N-ethyl adjacent to an activating group) is 1. The summed E-state index contributed by atoms with van der Waals surface area (Å²) in [6.07, 6.45) is 0.955. The van der Waals surface area contributed by atoms with Crippen molar-refractivity contribution in [3.8, 4) is 34.8 Å². The van der Waals surface area contributed by atoms with E-state index in [1.807, 2.05) is 20.0 Å². The van der Waals surface area contributed by atoms with Gasteiger partial charge in [-0.25, -0.2) is 0 Å². The zero-order valence-electron chi connectivity index (χ0n) is 23.3. The molecule has 2 aromatic rings. The van der Waals surface area contributed by atoms with Crippen LogP contribution in [0.1, 0.15) is 52.4 Å². The van der Waals surface area contributed by atoms with E-state index in [0.29, 0.717) is 46.8 Å². The van der Waals surface area contributed by atoms with Crippen LogP contribution in [0.4, 0.5) is 0 Å². The van der Waals surface area contributed by atoms with Gasteiger partial charge >= 0.3 is 0 Å². The van der Waals surface area contributed by atoms with Crippen LogP contribution in [0.15, 0.2) is 6.07 Å². The SMILES string of the molecule is COc1c(C)cc2c(c1O)[C@@H]1C3Cc4c(O)c(C)c5c(c4[C@H](CNC(=O)[C@@H](C)N)N3[C@@H](C#N)[C@H](C2)N1C)OCO5. The van der Waals surface area contributed by atoms with E-state index < -0.39 is 18.1 Å². The molecule has 0 aromatic heterocycles. The molecular weight excluding hydrogens is 514 g/mol. The molecule has 1 fully saturated rings. The van der Waals surface area contributed by atoms with E-state index in [1.54, 1.807) is 21.0 Å². The quantitative estimate of drug-likeness (QED) is 0.443. The summed E-state index contributed by atoms with van der Waals surface area (Å²) in [5, 5.41) is 36.5. The van der Waals surface area contributed by atoms with Crippen molar-refractivity contribution in [2.75, 3.05) is 27.5 Å². The number of carbonyl (C=O) groups excluding carboxylic acids is 1. The van der Waals surface area contributed by atoms with Gasteiger partial charge in [0.1, 0.15) is 11.8 Å². The zero-order chi connectivity index (χ0) is 28.6. The molecule has 1 amide bonds. The van der Waals surface area contributed by atoms with Crippen molar-refractivity contribution < 1.29 is 29.2 Å². The van der Waals surface area contributed by atoms with E-state index >= 15 is 0 Å². The number of nitrogens with one attached hydrogen (secondary N) is 1. The number of phenols is 2. The molecular formula is C29H35N5O6. The Morgan fingerprint density at radius 1 is 1.23 bits per heavy atom. The first-order valence-electron chi connectivity index (χ1n) is 13.6. The summed E-state index contributed by atoms with van der Waals surface area (Å²) in [7, 11) is 3.53. The first kappa shape index (κ1) is 26.5. The normalized spacial score (nSPS) is 27.2. The van der Waals surface area contributed by atoms with Crippen LogP contribution in [0.3, 0.4) is 0 Å². The summed E-state index contributed by atoms with van der Waals surface area (Å²) in [5.74, 6) is 1.33. The third kappa shape index (κ3) is 3.56. The van der Waals surface area contributed by atoms with E-state index in [2.05, 4.69) is 21.2 Å². The number of aryl methyl sites for hydroxylation is 1. The van der Waals surface area contributed by atoms with E-state index in [-0.39, 0.29) is 48.9 Å². The van der Waals surface area contributed by atoms with Gasteiger partial charge in [-0.3, -0.25) is 14.6 Å². The molecule has 2 aromatic carbocycles. The number of nitrogens with two attached hydrogens (primary N) is 1. The number of rotatable bonds is 4. The van der Waals surface area contributed by atoms with Gasteiger partial charge in [-0.2, -0.15) is 5.26 Å². The molecule has 6 rings (SSSR count). The number of fused-ring (bicyclic) bond motifs is 9. The van der Waals surface area contributed by atoms with Gasteiger partial charge in [0, 0.05) is 40.9 Å². The van der Waals surface area contributed by atoms with Crippen molar-refractivity contribution in [2.45, 2.75) is 69.9 Å². The van der Waals surface area contributed by atoms with Crippen LogP contribution in [0, 0.1) is 25.2 Å². The largest absolute Gasteiger partial charge is 0.507 e. The van der Waals surface area contributed by atoms with Gasteiger partial charge in [-0.05, 0) is 51.8 Å². The Labute approximate surface area is 233 Å². The molecule has 0 saturated carbocycles. The third-order valence-electron chi connectivity index (χ3n) is 9.17. The van der Waals surface area contributed by atoms with Crippen molar-refractivity contribution in [3.63, 3.8) is 0 Å². The summed E-state index contributed by atoms with van der Waals surface area (Å²) in [5.41, 5.74) is 10.4. The Morgan fingerprint density at radius 2 is 1.95 bits per heavy atom. The summed E-state index contributed by atoms with van der Waals surface area (Å²) in [4.78, 5) is 17.0. The number of benzene rings is 2. The topological polar surface area (TPSA) is 154 Å². The van der Waals surface area contributed by atoms with Crippen molar-refractivity contribution in [2.24, 2.45) is 5.73 Å². The van der Waals surface area contributed by atoms with Crippen molar-refractivity contribution >= 4 is 5.91 Å². The highest BCUT2D eigenvalue weighted by atomic mass is 16.7. The molecule has 11 nitrogen and oxygen atoms in total. The standard InChI is InChI=1S/C29H35N5O6/c1-12-6-15-7-17-19(9-30)34-18(23(33(17)4)21(15)25(36)26(12)38-5)8-16-22(20(34)10-32-29(37)14(3)31)28-27(39-11-40-28)13(2)24(16)35/h6,14,17-20,23,35-36H,7-8,10-11,31H2,1-5H3,(H,32,37)/t14-,17+,18?,19+,20+,23+/m1/s1. The molecule has 5 N–H and O–H groups in total. The van der Waals surface area contributed by atoms with Gasteiger partial charge in [0.2, 0.25) is 12.7 Å². The van der Waals surface area contributed by atoms with Gasteiger partial charge in [0.25, 0.3) is 0 Å². The van der Waals surface area contributed by atoms with Crippen LogP contribution in [-0.4, -0.2) is 77.6 Å². The highest BCUT2D eigenvalue weighted by Gasteiger charge is 2.56.